The molecule has 1 heterocycles. The Hall–Kier alpha value is -2.83. The Morgan fingerprint density at radius 1 is 0.906 bits per heavy atom. The second kappa shape index (κ2) is 9.76. The summed E-state index contributed by atoms with van der Waals surface area (Å²) in [7, 11) is -3.49. The Morgan fingerprint density at radius 2 is 1.66 bits per heavy atom. The number of carbonyl (C=O) groups excluding carboxylic acids is 1. The number of sulfone groups is 1. The number of amides is 1. The van der Waals surface area contributed by atoms with Crippen LogP contribution in [0.2, 0.25) is 5.02 Å². The predicted octanol–water partition coefficient (Wildman–Crippen LogP) is 5.56. The molecule has 0 spiro atoms. The second-order valence-electron chi connectivity index (χ2n) is 7.94. The van der Waals surface area contributed by atoms with Gasteiger partial charge in [-0.3, -0.25) is 4.79 Å². The van der Waals surface area contributed by atoms with Gasteiger partial charge in [-0.2, -0.15) is 0 Å². The Kier molecular flexibility index (Phi) is 6.82. The van der Waals surface area contributed by atoms with Crippen LogP contribution in [0.15, 0.2) is 77.7 Å². The number of carbonyl (C=O) groups is 1. The molecule has 0 aromatic heterocycles. The summed E-state index contributed by atoms with van der Waals surface area (Å²) in [5, 5.41) is 3.46. The molecular formula is C25H25ClN2O3S. The SMILES string of the molecule is O=C(Nc1ccc(N2CCCCC2)c(Cl)c1)c1cccc(CS(=O)(=O)c2ccccc2)c1. The van der Waals surface area contributed by atoms with Gasteiger partial charge in [-0.15, -0.1) is 0 Å². The quantitative estimate of drug-likeness (QED) is 0.514. The minimum atomic E-state index is -3.49. The van der Waals surface area contributed by atoms with E-state index < -0.39 is 9.84 Å². The first-order chi connectivity index (χ1) is 15.4. The Morgan fingerprint density at radius 3 is 2.38 bits per heavy atom. The number of benzene rings is 3. The molecule has 0 radical (unpaired) electrons. The maximum absolute atomic E-state index is 12.8. The summed E-state index contributed by atoms with van der Waals surface area (Å²) in [4.78, 5) is 15.3. The van der Waals surface area contributed by atoms with Crippen LogP contribution in [-0.2, 0) is 15.6 Å². The smallest absolute Gasteiger partial charge is 0.255 e. The van der Waals surface area contributed by atoms with Crippen molar-refractivity contribution in [1.82, 2.24) is 0 Å². The highest BCUT2D eigenvalue weighted by atomic mass is 35.5. The van der Waals surface area contributed by atoms with E-state index in [-0.39, 0.29) is 16.6 Å². The van der Waals surface area contributed by atoms with Gasteiger partial charge in [0.25, 0.3) is 5.91 Å². The van der Waals surface area contributed by atoms with Gasteiger partial charge < -0.3 is 10.2 Å². The fourth-order valence-electron chi connectivity index (χ4n) is 3.91. The van der Waals surface area contributed by atoms with Gasteiger partial charge in [0.05, 0.1) is 21.4 Å². The number of piperidine rings is 1. The molecule has 1 amide bonds. The number of rotatable bonds is 6. The number of hydrogen-bond acceptors (Lipinski definition) is 4. The predicted molar refractivity (Wildman–Crippen MR) is 129 cm³/mol. The highest BCUT2D eigenvalue weighted by Crippen LogP contribution is 2.31. The van der Waals surface area contributed by atoms with E-state index in [1.165, 1.54) is 6.42 Å². The molecule has 1 saturated heterocycles. The van der Waals surface area contributed by atoms with Crippen LogP contribution in [0.3, 0.4) is 0 Å². The molecule has 0 unspecified atom stereocenters. The minimum absolute atomic E-state index is 0.172. The number of anilines is 2. The summed E-state index contributed by atoms with van der Waals surface area (Å²) >= 11 is 6.49. The van der Waals surface area contributed by atoms with E-state index in [1.807, 2.05) is 12.1 Å². The Labute approximate surface area is 193 Å². The molecule has 1 fully saturated rings. The van der Waals surface area contributed by atoms with E-state index in [0.717, 1.165) is 31.6 Å². The normalized spacial score (nSPS) is 14.2. The van der Waals surface area contributed by atoms with Crippen molar-refractivity contribution in [2.24, 2.45) is 0 Å². The fraction of sp³-hybridized carbons (Fsp3) is 0.240. The molecule has 1 aliphatic heterocycles. The van der Waals surface area contributed by atoms with Gasteiger partial charge in [-0.25, -0.2) is 8.42 Å². The molecule has 166 valence electrons. The summed E-state index contributed by atoms with van der Waals surface area (Å²) in [6, 6.07) is 20.5. The van der Waals surface area contributed by atoms with Gasteiger partial charge in [-0.05, 0) is 67.3 Å². The Balaban J connectivity index is 1.47. The average Bonchev–Trinajstić information content (AvgIpc) is 2.80. The van der Waals surface area contributed by atoms with E-state index in [1.54, 1.807) is 60.7 Å². The summed E-state index contributed by atoms with van der Waals surface area (Å²) in [5.74, 6) is -0.486. The van der Waals surface area contributed by atoms with Crippen LogP contribution >= 0.6 is 11.6 Å². The second-order valence-corrected chi connectivity index (χ2v) is 10.3. The van der Waals surface area contributed by atoms with Gasteiger partial charge in [0.15, 0.2) is 9.84 Å². The lowest BCUT2D eigenvalue weighted by molar-refractivity contribution is 0.102. The molecule has 7 heteroatoms. The van der Waals surface area contributed by atoms with Crippen LogP contribution in [-0.4, -0.2) is 27.4 Å². The van der Waals surface area contributed by atoms with Crippen LogP contribution < -0.4 is 10.2 Å². The molecular weight excluding hydrogens is 444 g/mol. The molecule has 3 aromatic rings. The number of nitrogens with one attached hydrogen (secondary N) is 1. The van der Waals surface area contributed by atoms with Crippen LogP contribution in [0.25, 0.3) is 0 Å². The molecule has 1 aliphatic rings. The first-order valence-corrected chi connectivity index (χ1v) is 12.7. The molecule has 3 aromatic carbocycles. The molecule has 32 heavy (non-hydrogen) atoms. The maximum atomic E-state index is 12.8. The van der Waals surface area contributed by atoms with Crippen molar-refractivity contribution in [2.75, 3.05) is 23.3 Å². The zero-order valence-electron chi connectivity index (χ0n) is 17.6. The molecule has 0 saturated carbocycles. The standard InChI is InChI=1S/C25H25ClN2O3S/c26-23-17-21(12-13-24(23)28-14-5-2-6-15-28)27-25(29)20-9-7-8-19(16-20)18-32(30,31)22-10-3-1-4-11-22/h1,3-4,7-13,16-17H,2,5-6,14-15,18H2,(H,27,29). The lowest BCUT2D eigenvalue weighted by Gasteiger charge is -2.29. The van der Waals surface area contributed by atoms with Gasteiger partial charge in [0.2, 0.25) is 0 Å². The highest BCUT2D eigenvalue weighted by Gasteiger charge is 2.17. The number of nitrogens with zero attached hydrogens (tertiary/aromatic N) is 1. The van der Waals surface area contributed by atoms with Crippen molar-refractivity contribution >= 4 is 38.7 Å². The third-order valence-electron chi connectivity index (χ3n) is 5.55. The van der Waals surface area contributed by atoms with Crippen molar-refractivity contribution in [1.29, 1.82) is 0 Å². The van der Waals surface area contributed by atoms with Crippen molar-refractivity contribution in [2.45, 2.75) is 29.9 Å². The lowest BCUT2D eigenvalue weighted by atomic mass is 10.1. The third kappa shape index (κ3) is 5.31. The molecule has 1 N–H and O–H groups in total. The van der Waals surface area contributed by atoms with Gasteiger partial charge >= 0.3 is 0 Å². The van der Waals surface area contributed by atoms with Crippen molar-refractivity contribution in [3.8, 4) is 0 Å². The molecule has 0 aliphatic carbocycles. The minimum Gasteiger partial charge on any atom is -0.370 e. The van der Waals surface area contributed by atoms with E-state index in [9.17, 15) is 13.2 Å². The Bertz CT molecular complexity index is 1210. The van der Waals surface area contributed by atoms with E-state index >= 15 is 0 Å². The van der Waals surface area contributed by atoms with Gasteiger partial charge in [0, 0.05) is 24.3 Å². The summed E-state index contributed by atoms with van der Waals surface area (Å²) in [6.45, 7) is 1.98. The van der Waals surface area contributed by atoms with Crippen molar-refractivity contribution in [3.05, 3.63) is 88.9 Å². The highest BCUT2D eigenvalue weighted by molar-refractivity contribution is 7.90. The first kappa shape index (κ1) is 22.4. The number of halogens is 1. The maximum Gasteiger partial charge on any atom is 0.255 e. The average molecular weight is 469 g/mol. The van der Waals surface area contributed by atoms with E-state index in [0.29, 0.717) is 21.8 Å². The van der Waals surface area contributed by atoms with Gasteiger partial charge in [-0.1, -0.05) is 41.9 Å². The lowest BCUT2D eigenvalue weighted by Crippen LogP contribution is -2.29. The monoisotopic (exact) mass is 468 g/mol. The molecule has 4 rings (SSSR count). The van der Waals surface area contributed by atoms with Crippen LogP contribution in [0.5, 0.6) is 0 Å². The van der Waals surface area contributed by atoms with Crippen LogP contribution in [0, 0.1) is 0 Å². The van der Waals surface area contributed by atoms with Crippen molar-refractivity contribution < 1.29 is 13.2 Å². The molecule has 0 bridgehead atoms. The van der Waals surface area contributed by atoms with E-state index in [2.05, 4.69) is 10.2 Å². The topological polar surface area (TPSA) is 66.5 Å². The van der Waals surface area contributed by atoms with E-state index in [4.69, 9.17) is 11.6 Å². The molecule has 5 nitrogen and oxygen atoms in total. The summed E-state index contributed by atoms with van der Waals surface area (Å²) < 4.78 is 25.3. The summed E-state index contributed by atoms with van der Waals surface area (Å²) in [5.41, 5.74) is 2.53. The van der Waals surface area contributed by atoms with Crippen molar-refractivity contribution in [3.63, 3.8) is 0 Å². The van der Waals surface area contributed by atoms with Gasteiger partial charge in [0.1, 0.15) is 0 Å². The van der Waals surface area contributed by atoms with Crippen LogP contribution in [0.1, 0.15) is 35.2 Å². The summed E-state index contributed by atoms with van der Waals surface area (Å²) in [6.07, 6.45) is 3.56. The third-order valence-corrected chi connectivity index (χ3v) is 7.56. The van der Waals surface area contributed by atoms with Crippen LogP contribution in [0.4, 0.5) is 11.4 Å². The zero-order valence-corrected chi connectivity index (χ0v) is 19.2. The molecule has 0 atom stereocenters. The largest absolute Gasteiger partial charge is 0.370 e. The number of hydrogen-bond donors (Lipinski definition) is 1. The fourth-order valence-corrected chi connectivity index (χ4v) is 5.57. The first-order valence-electron chi connectivity index (χ1n) is 10.6. The zero-order chi connectivity index (χ0) is 22.6.